The maximum atomic E-state index is 12.5. The Morgan fingerprint density at radius 1 is 1.18 bits per heavy atom. The lowest BCUT2D eigenvalue weighted by atomic mass is 9.95. The number of carbonyl (C=O) groups excluding carboxylic acids is 2. The molecule has 1 aliphatic heterocycles. The van der Waals surface area contributed by atoms with Crippen molar-refractivity contribution < 1.29 is 14.1 Å². The van der Waals surface area contributed by atoms with E-state index in [2.05, 4.69) is 15.5 Å². The minimum atomic E-state index is -0.181. The first-order chi connectivity index (χ1) is 13.3. The molecule has 0 aliphatic carbocycles. The fourth-order valence-corrected chi connectivity index (χ4v) is 3.21. The molecule has 2 heterocycles. The number of amides is 2. The van der Waals surface area contributed by atoms with E-state index in [9.17, 15) is 9.59 Å². The summed E-state index contributed by atoms with van der Waals surface area (Å²) in [6.45, 7) is 7.73. The molecular weight excluding hydrogens is 356 g/mol. The van der Waals surface area contributed by atoms with Gasteiger partial charge in [0.15, 0.2) is 5.82 Å². The monoisotopic (exact) mass is 384 g/mol. The van der Waals surface area contributed by atoms with Gasteiger partial charge in [-0.05, 0) is 25.0 Å². The molecule has 1 aromatic carbocycles. The molecule has 0 bridgehead atoms. The highest BCUT2D eigenvalue weighted by Gasteiger charge is 2.28. The predicted octanol–water partition coefficient (Wildman–Crippen LogP) is 2.58. The number of nitrogens with zero attached hydrogens (tertiary/aromatic N) is 3. The molecule has 1 fully saturated rings. The molecule has 2 amide bonds. The van der Waals surface area contributed by atoms with Crippen molar-refractivity contribution >= 4 is 11.8 Å². The number of hydrogen-bond acceptors (Lipinski definition) is 5. The van der Waals surface area contributed by atoms with Gasteiger partial charge in [0.25, 0.3) is 5.91 Å². The van der Waals surface area contributed by atoms with Crippen LogP contribution in [0.25, 0.3) is 0 Å². The molecule has 1 saturated heterocycles. The summed E-state index contributed by atoms with van der Waals surface area (Å²) >= 11 is 0. The second kappa shape index (κ2) is 8.54. The average Bonchev–Trinajstić information content (AvgIpc) is 3.17. The largest absolute Gasteiger partial charge is 0.355 e. The van der Waals surface area contributed by atoms with Crippen LogP contribution >= 0.6 is 0 Å². The molecule has 1 aromatic heterocycles. The van der Waals surface area contributed by atoms with Crippen molar-refractivity contribution in [2.45, 2.75) is 45.4 Å². The minimum Gasteiger partial charge on any atom is -0.355 e. The SMILES string of the molecule is CC(C)(C)c1nc(CCNC(=O)C2CCN(C(=O)c3ccccc3)CC2)no1. The smallest absolute Gasteiger partial charge is 0.253 e. The van der Waals surface area contributed by atoms with Gasteiger partial charge in [0.1, 0.15) is 0 Å². The first-order valence-electron chi connectivity index (χ1n) is 9.79. The van der Waals surface area contributed by atoms with Gasteiger partial charge in [-0.3, -0.25) is 9.59 Å². The summed E-state index contributed by atoms with van der Waals surface area (Å²) in [6, 6.07) is 9.27. The Labute approximate surface area is 165 Å². The Kier molecular flexibility index (Phi) is 6.11. The summed E-state index contributed by atoms with van der Waals surface area (Å²) in [7, 11) is 0. The highest BCUT2D eigenvalue weighted by Crippen LogP contribution is 2.20. The molecule has 0 saturated carbocycles. The quantitative estimate of drug-likeness (QED) is 0.856. The van der Waals surface area contributed by atoms with Gasteiger partial charge in [0.05, 0.1) is 0 Å². The van der Waals surface area contributed by atoms with E-state index in [1.54, 1.807) is 0 Å². The molecule has 7 heteroatoms. The number of carbonyl (C=O) groups is 2. The average molecular weight is 384 g/mol. The van der Waals surface area contributed by atoms with Gasteiger partial charge in [-0.2, -0.15) is 4.98 Å². The van der Waals surface area contributed by atoms with Crippen molar-refractivity contribution in [2.24, 2.45) is 5.92 Å². The van der Waals surface area contributed by atoms with Crippen molar-refractivity contribution in [1.82, 2.24) is 20.4 Å². The third kappa shape index (κ3) is 4.97. The maximum absolute atomic E-state index is 12.5. The fourth-order valence-electron chi connectivity index (χ4n) is 3.21. The van der Waals surface area contributed by atoms with E-state index in [-0.39, 0.29) is 23.1 Å². The summed E-state index contributed by atoms with van der Waals surface area (Å²) in [4.78, 5) is 31.1. The van der Waals surface area contributed by atoms with Crippen LogP contribution in [-0.4, -0.2) is 46.5 Å². The van der Waals surface area contributed by atoms with Crippen molar-refractivity contribution in [3.63, 3.8) is 0 Å². The van der Waals surface area contributed by atoms with Crippen molar-refractivity contribution in [3.05, 3.63) is 47.6 Å². The molecule has 0 unspecified atom stereocenters. The number of hydrogen-bond donors (Lipinski definition) is 1. The van der Waals surface area contributed by atoms with E-state index in [4.69, 9.17) is 4.52 Å². The lowest BCUT2D eigenvalue weighted by Gasteiger charge is -2.31. The normalized spacial score (nSPS) is 15.5. The zero-order valence-corrected chi connectivity index (χ0v) is 16.8. The Balaban J connectivity index is 1.42. The molecule has 3 rings (SSSR count). The maximum Gasteiger partial charge on any atom is 0.253 e. The molecule has 1 aliphatic rings. The molecule has 0 spiro atoms. The standard InChI is InChI=1S/C21H28N4O3/c1-21(2,3)20-23-17(24-28-20)9-12-22-18(26)15-10-13-25(14-11-15)19(27)16-7-5-4-6-8-16/h4-8,15H,9-14H2,1-3H3,(H,22,26). The first kappa shape index (κ1) is 20.0. The number of likely N-dealkylation sites (tertiary alicyclic amines) is 1. The highest BCUT2D eigenvalue weighted by atomic mass is 16.5. The van der Waals surface area contributed by atoms with Crippen LogP contribution < -0.4 is 5.32 Å². The van der Waals surface area contributed by atoms with Crippen LogP contribution in [-0.2, 0) is 16.6 Å². The zero-order chi connectivity index (χ0) is 20.1. The van der Waals surface area contributed by atoms with Gasteiger partial charge in [-0.1, -0.05) is 44.1 Å². The van der Waals surface area contributed by atoms with Gasteiger partial charge in [-0.15, -0.1) is 0 Å². The molecule has 0 atom stereocenters. The van der Waals surface area contributed by atoms with Crippen molar-refractivity contribution in [2.75, 3.05) is 19.6 Å². The van der Waals surface area contributed by atoms with E-state index >= 15 is 0 Å². The van der Waals surface area contributed by atoms with Crippen LogP contribution in [0.2, 0.25) is 0 Å². The van der Waals surface area contributed by atoms with E-state index in [0.29, 0.717) is 56.2 Å². The Morgan fingerprint density at radius 2 is 1.86 bits per heavy atom. The van der Waals surface area contributed by atoms with Gasteiger partial charge in [-0.25, -0.2) is 0 Å². The fraction of sp³-hybridized carbons (Fsp3) is 0.524. The van der Waals surface area contributed by atoms with Gasteiger partial charge >= 0.3 is 0 Å². The van der Waals surface area contributed by atoms with Crippen LogP contribution in [0, 0.1) is 5.92 Å². The van der Waals surface area contributed by atoms with E-state index in [1.807, 2.05) is 56.0 Å². The number of piperidine rings is 1. The molecule has 0 radical (unpaired) electrons. The summed E-state index contributed by atoms with van der Waals surface area (Å²) in [6.07, 6.45) is 1.90. The van der Waals surface area contributed by atoms with Gasteiger partial charge in [0.2, 0.25) is 11.8 Å². The van der Waals surface area contributed by atoms with Crippen molar-refractivity contribution in [3.8, 4) is 0 Å². The number of rotatable bonds is 5. The van der Waals surface area contributed by atoms with Gasteiger partial charge < -0.3 is 14.7 Å². The third-order valence-corrected chi connectivity index (χ3v) is 4.93. The summed E-state index contributed by atoms with van der Waals surface area (Å²) in [5.41, 5.74) is 0.514. The number of benzene rings is 1. The molecule has 1 N–H and O–H groups in total. The molecule has 7 nitrogen and oxygen atoms in total. The molecule has 28 heavy (non-hydrogen) atoms. The van der Waals surface area contributed by atoms with Crippen molar-refractivity contribution in [1.29, 1.82) is 0 Å². The zero-order valence-electron chi connectivity index (χ0n) is 16.8. The molecule has 2 aromatic rings. The summed E-state index contributed by atoms with van der Waals surface area (Å²) < 4.78 is 5.26. The summed E-state index contributed by atoms with van der Waals surface area (Å²) in [5.74, 6) is 1.21. The lowest BCUT2D eigenvalue weighted by Crippen LogP contribution is -2.43. The Bertz CT molecular complexity index is 803. The van der Waals surface area contributed by atoms with E-state index < -0.39 is 0 Å². The van der Waals surface area contributed by atoms with E-state index in [0.717, 1.165) is 0 Å². The minimum absolute atomic E-state index is 0.0335. The topological polar surface area (TPSA) is 88.3 Å². The second-order valence-corrected chi connectivity index (χ2v) is 8.24. The highest BCUT2D eigenvalue weighted by molar-refractivity contribution is 5.94. The second-order valence-electron chi connectivity index (χ2n) is 8.24. The van der Waals surface area contributed by atoms with Gasteiger partial charge in [0, 0.05) is 43.0 Å². The Hall–Kier alpha value is -2.70. The third-order valence-electron chi connectivity index (χ3n) is 4.93. The first-order valence-corrected chi connectivity index (χ1v) is 9.79. The van der Waals surface area contributed by atoms with Crippen LogP contribution in [0.4, 0.5) is 0 Å². The van der Waals surface area contributed by atoms with Crippen LogP contribution in [0.15, 0.2) is 34.9 Å². The van der Waals surface area contributed by atoms with Crippen LogP contribution in [0.1, 0.15) is 55.7 Å². The predicted molar refractivity (Wildman–Crippen MR) is 105 cm³/mol. The van der Waals surface area contributed by atoms with E-state index in [1.165, 1.54) is 0 Å². The molecule has 150 valence electrons. The summed E-state index contributed by atoms with van der Waals surface area (Å²) in [5, 5.41) is 6.93. The number of nitrogens with one attached hydrogen (secondary N) is 1. The van der Waals surface area contributed by atoms with Crippen LogP contribution in [0.3, 0.4) is 0 Å². The Morgan fingerprint density at radius 3 is 2.46 bits per heavy atom. The number of aromatic nitrogens is 2. The van der Waals surface area contributed by atoms with Crippen LogP contribution in [0.5, 0.6) is 0 Å². The molecular formula is C21H28N4O3. The lowest BCUT2D eigenvalue weighted by molar-refractivity contribution is -0.126.